The number of nitrogens with zero attached hydrogens (tertiary/aromatic N) is 1. The summed E-state index contributed by atoms with van der Waals surface area (Å²) >= 11 is 45.2. The molecule has 1 unspecified atom stereocenters. The van der Waals surface area contributed by atoms with E-state index in [4.69, 9.17) is 81.2 Å². The molecule has 0 bridgehead atoms. The van der Waals surface area contributed by atoms with Gasteiger partial charge in [0.2, 0.25) is 5.91 Å². The summed E-state index contributed by atoms with van der Waals surface area (Å²) in [6, 6.07) is -0.427. The normalized spacial score (nSPS) is 41.3. The molecule has 3 aliphatic rings. The summed E-state index contributed by atoms with van der Waals surface area (Å²) in [6.07, 6.45) is 0. The number of rotatable bonds is 3. The van der Waals surface area contributed by atoms with Crippen molar-refractivity contribution in [2.45, 2.75) is 54.4 Å². The fourth-order valence-corrected chi connectivity index (χ4v) is 8.09. The highest BCUT2D eigenvalue weighted by Crippen LogP contribution is 2.91. The molecule has 0 radical (unpaired) electrons. The van der Waals surface area contributed by atoms with E-state index in [1.54, 1.807) is 0 Å². The van der Waals surface area contributed by atoms with E-state index in [1.807, 2.05) is 27.7 Å². The first kappa shape index (κ1) is 21.4. The van der Waals surface area contributed by atoms with Crippen molar-refractivity contribution in [1.29, 1.82) is 0 Å². The van der Waals surface area contributed by atoms with Gasteiger partial charge in [-0.1, -0.05) is 46.4 Å². The number of alkyl halides is 3. The van der Waals surface area contributed by atoms with Gasteiger partial charge in [0.1, 0.15) is 20.2 Å². The van der Waals surface area contributed by atoms with E-state index in [1.165, 1.54) is 4.90 Å². The van der Waals surface area contributed by atoms with Gasteiger partial charge in [0.05, 0.1) is 15.1 Å². The average Bonchev–Trinajstić information content (AvgIpc) is 2.91. The van der Waals surface area contributed by atoms with Gasteiger partial charge in [-0.15, -0.1) is 34.8 Å². The number of hydrogen-bond donors (Lipinski definition) is 0. The Labute approximate surface area is 186 Å². The van der Waals surface area contributed by atoms with Gasteiger partial charge in [0.25, 0.3) is 0 Å². The maximum Gasteiger partial charge on any atom is 0.247 e. The number of amides is 1. The molecule has 0 aromatic rings. The van der Waals surface area contributed by atoms with Crippen LogP contribution in [0, 0.1) is 5.41 Å². The number of carbonyl (C=O) groups excluding carboxylic acids is 2. The van der Waals surface area contributed by atoms with Crippen molar-refractivity contribution in [2.24, 2.45) is 5.41 Å². The second-order valence-corrected chi connectivity index (χ2v) is 10.4. The highest BCUT2D eigenvalue weighted by atomic mass is 35.5. The maximum absolute atomic E-state index is 13.5. The van der Waals surface area contributed by atoms with Crippen LogP contribution in [0.1, 0.15) is 27.7 Å². The van der Waals surface area contributed by atoms with Gasteiger partial charge in [-0.05, 0) is 27.7 Å². The van der Waals surface area contributed by atoms with Crippen molar-refractivity contribution in [3.63, 3.8) is 0 Å². The molecule has 0 aliphatic heterocycles. The lowest BCUT2D eigenvalue weighted by molar-refractivity contribution is -0.137. The molecule has 0 N–H and O–H groups in total. The molecule has 26 heavy (non-hydrogen) atoms. The van der Waals surface area contributed by atoms with Crippen LogP contribution in [0.4, 0.5) is 0 Å². The van der Waals surface area contributed by atoms with E-state index in [9.17, 15) is 9.59 Å². The number of Topliss-reactive ketones (excluding diaryl/α,β-unsaturated/α-hetero) is 1. The number of allylic oxidation sites excluding steroid dienone is 4. The first-order valence-electron chi connectivity index (χ1n) is 7.78. The highest BCUT2D eigenvalue weighted by Gasteiger charge is 3.05. The quantitative estimate of drug-likeness (QED) is 0.478. The number of ketones is 1. The van der Waals surface area contributed by atoms with Crippen LogP contribution in [0.2, 0.25) is 0 Å². The summed E-state index contributed by atoms with van der Waals surface area (Å²) in [4.78, 5) is 22.4. The number of carbonyl (C=O) groups is 2. The van der Waals surface area contributed by atoms with E-state index in [0.717, 1.165) is 0 Å². The zero-order valence-corrected chi connectivity index (χ0v) is 19.4. The van der Waals surface area contributed by atoms with Gasteiger partial charge in [-0.2, -0.15) is 0 Å². The van der Waals surface area contributed by atoms with Gasteiger partial charge in [-0.3, -0.25) is 9.59 Å². The van der Waals surface area contributed by atoms with Crippen LogP contribution >= 0.6 is 81.2 Å². The van der Waals surface area contributed by atoms with Crippen LogP contribution in [0.25, 0.3) is 0 Å². The van der Waals surface area contributed by atoms with Gasteiger partial charge >= 0.3 is 0 Å². The predicted molar refractivity (Wildman–Crippen MR) is 108 cm³/mol. The van der Waals surface area contributed by atoms with Crippen LogP contribution in [0.15, 0.2) is 20.1 Å². The summed E-state index contributed by atoms with van der Waals surface area (Å²) in [6.45, 7) is 7.29. The maximum atomic E-state index is 13.5. The van der Waals surface area contributed by atoms with E-state index >= 15 is 0 Å². The van der Waals surface area contributed by atoms with Crippen molar-refractivity contribution in [3.8, 4) is 0 Å². The monoisotopic (exact) mass is 497 g/mol. The first-order chi connectivity index (χ1) is 11.7. The number of hydrogen-bond acceptors (Lipinski definition) is 2. The lowest BCUT2D eigenvalue weighted by Crippen LogP contribution is -2.52. The predicted octanol–water partition coefficient (Wildman–Crippen LogP) is 5.54. The van der Waals surface area contributed by atoms with Gasteiger partial charge in [0.15, 0.2) is 10.7 Å². The Morgan fingerprint density at radius 1 is 0.885 bits per heavy atom. The van der Waals surface area contributed by atoms with E-state index in [2.05, 4.69) is 0 Å². The Bertz CT molecular complexity index is 813. The van der Waals surface area contributed by atoms with Gasteiger partial charge in [0, 0.05) is 12.1 Å². The molecule has 1 amide bonds. The highest BCUT2D eigenvalue weighted by molar-refractivity contribution is 6.69. The molecule has 4 atom stereocenters. The van der Waals surface area contributed by atoms with Crippen LogP contribution in [0.5, 0.6) is 0 Å². The standard InChI is InChI=1S/C16H14Cl7NO2/c1-5(2)24(6(3)4)12(26)16(23)14-11(25)7(17)8(18)13(14,21)9(19)10(20)15(14,16)22/h5-6H,1-4H3/t13-,14?,15-,16+/m0/s1. The van der Waals surface area contributed by atoms with Crippen molar-refractivity contribution in [1.82, 2.24) is 4.90 Å². The summed E-state index contributed by atoms with van der Waals surface area (Å²) < 4.78 is 0. The smallest absolute Gasteiger partial charge is 0.247 e. The molecule has 1 saturated carbocycles. The second-order valence-electron chi connectivity index (χ2n) is 7.21. The average molecular weight is 500 g/mol. The molecule has 10 heteroatoms. The molecule has 3 nitrogen and oxygen atoms in total. The summed E-state index contributed by atoms with van der Waals surface area (Å²) in [7, 11) is 0. The number of halogens is 7. The van der Waals surface area contributed by atoms with Gasteiger partial charge in [-0.25, -0.2) is 0 Å². The third-order valence-corrected chi connectivity index (χ3v) is 9.94. The molecule has 3 aliphatic carbocycles. The molecule has 1 spiro atoms. The largest absolute Gasteiger partial charge is 0.336 e. The summed E-state index contributed by atoms with van der Waals surface area (Å²) in [5.41, 5.74) is -1.89. The molecule has 1 fully saturated rings. The lowest BCUT2D eigenvalue weighted by Gasteiger charge is -2.36. The van der Waals surface area contributed by atoms with Crippen molar-refractivity contribution in [3.05, 3.63) is 20.1 Å². The van der Waals surface area contributed by atoms with Gasteiger partial charge < -0.3 is 4.90 Å². The summed E-state index contributed by atoms with van der Waals surface area (Å²) in [5.74, 6) is -1.31. The topological polar surface area (TPSA) is 37.4 Å². The molecule has 3 rings (SSSR count). The molecule has 0 heterocycles. The molecular weight excluding hydrogens is 486 g/mol. The van der Waals surface area contributed by atoms with Crippen molar-refractivity contribution < 1.29 is 9.59 Å². The van der Waals surface area contributed by atoms with Crippen molar-refractivity contribution in [2.75, 3.05) is 0 Å². The third-order valence-electron chi connectivity index (χ3n) is 5.44. The minimum Gasteiger partial charge on any atom is -0.336 e. The Morgan fingerprint density at radius 3 is 1.77 bits per heavy atom. The fourth-order valence-electron chi connectivity index (χ4n) is 4.44. The van der Waals surface area contributed by atoms with E-state index < -0.39 is 31.7 Å². The first-order valence-corrected chi connectivity index (χ1v) is 10.4. The molecular formula is C16H14Cl7NO2. The molecule has 0 aromatic carbocycles. The zero-order chi connectivity index (χ0) is 20.2. The summed E-state index contributed by atoms with van der Waals surface area (Å²) in [5, 5.41) is -0.880. The Kier molecular flexibility index (Phi) is 4.80. The second kappa shape index (κ2) is 5.84. The Hall–Kier alpha value is 0.650. The van der Waals surface area contributed by atoms with Crippen molar-refractivity contribution >= 4 is 92.9 Å². The molecule has 0 aromatic heterocycles. The zero-order valence-electron chi connectivity index (χ0n) is 14.1. The lowest BCUT2D eigenvalue weighted by atomic mass is 9.87. The Balaban J connectivity index is 2.29. The van der Waals surface area contributed by atoms with Crippen LogP contribution in [-0.2, 0) is 9.59 Å². The minimum atomic E-state index is -1.97. The van der Waals surface area contributed by atoms with Crippen LogP contribution < -0.4 is 0 Å². The third kappa shape index (κ3) is 1.75. The van der Waals surface area contributed by atoms with E-state index in [0.29, 0.717) is 0 Å². The fraction of sp³-hybridized carbons (Fsp3) is 0.625. The Morgan fingerprint density at radius 2 is 1.35 bits per heavy atom. The van der Waals surface area contributed by atoms with E-state index in [-0.39, 0.29) is 32.2 Å². The van der Waals surface area contributed by atoms with Crippen LogP contribution in [0.3, 0.4) is 0 Å². The molecule has 0 saturated heterocycles. The molecule has 144 valence electrons. The SMILES string of the molecule is CC(C)N(C(=O)[C@@]1(Cl)C23C(=O)C(Cl)=C(Cl)[C@]2(Cl)C(Cl)=C(Cl)[C@]31Cl)C(C)C. The van der Waals surface area contributed by atoms with Crippen LogP contribution in [-0.4, -0.2) is 43.3 Å². The minimum absolute atomic E-state index is 0.144.